The van der Waals surface area contributed by atoms with Gasteiger partial charge >= 0.3 is 0 Å². The summed E-state index contributed by atoms with van der Waals surface area (Å²) in [6.45, 7) is 6.98. The lowest BCUT2D eigenvalue weighted by Crippen LogP contribution is -1.98. The molecule has 64 valence electrons. The summed E-state index contributed by atoms with van der Waals surface area (Å²) in [5, 5.41) is 0. The van der Waals surface area contributed by atoms with Crippen LogP contribution in [0.25, 0.3) is 0 Å². The highest BCUT2D eigenvalue weighted by atomic mass is 15.3. The van der Waals surface area contributed by atoms with Gasteiger partial charge in [-0.3, -0.25) is 0 Å². The van der Waals surface area contributed by atoms with Crippen LogP contribution in [0.5, 0.6) is 0 Å². The predicted octanol–water partition coefficient (Wildman–Crippen LogP) is 2.63. The topological polar surface area (TPSA) is 3.01 Å². The maximum atomic E-state index is 2.41. The number of para-hydroxylation sites is 1. The van der Waals surface area contributed by atoms with Gasteiger partial charge in [-0.1, -0.05) is 32.0 Å². The Labute approximate surface area is 74.0 Å². The Hall–Kier alpha value is -0.980. The second-order valence-electron chi connectivity index (χ2n) is 3.70. The molecule has 1 saturated heterocycles. The zero-order valence-corrected chi connectivity index (χ0v) is 7.75. The molecule has 1 heteroatoms. The Kier molecular flexibility index (Phi) is 1.80. The van der Waals surface area contributed by atoms with E-state index in [1.165, 1.54) is 24.3 Å². The standard InChI is InChI=1S/C11H15N/c1-9(2)10-5-3-4-6-11(10)12-7-8-12/h3-6,9H,7-8H2,1-2H3. The number of anilines is 1. The van der Waals surface area contributed by atoms with E-state index in [-0.39, 0.29) is 0 Å². The first-order valence-corrected chi connectivity index (χ1v) is 4.63. The minimum atomic E-state index is 0.641. The second kappa shape index (κ2) is 2.81. The van der Waals surface area contributed by atoms with Crippen molar-refractivity contribution in [1.29, 1.82) is 0 Å². The summed E-state index contributed by atoms with van der Waals surface area (Å²) in [5.74, 6) is 0.641. The van der Waals surface area contributed by atoms with E-state index < -0.39 is 0 Å². The quantitative estimate of drug-likeness (QED) is 0.602. The maximum absolute atomic E-state index is 2.41. The first-order valence-electron chi connectivity index (χ1n) is 4.63. The molecule has 2 rings (SSSR count). The van der Waals surface area contributed by atoms with E-state index >= 15 is 0 Å². The molecule has 1 aromatic carbocycles. The van der Waals surface area contributed by atoms with Crippen LogP contribution in [-0.2, 0) is 0 Å². The Balaban J connectivity index is 2.36. The van der Waals surface area contributed by atoms with E-state index in [4.69, 9.17) is 0 Å². The fourth-order valence-electron chi connectivity index (χ4n) is 1.55. The zero-order valence-electron chi connectivity index (χ0n) is 7.75. The summed E-state index contributed by atoms with van der Waals surface area (Å²) in [7, 11) is 0. The Morgan fingerprint density at radius 2 is 1.83 bits per heavy atom. The SMILES string of the molecule is CC(C)c1ccccc1N1CC1. The van der Waals surface area contributed by atoms with E-state index in [0.717, 1.165) is 0 Å². The van der Waals surface area contributed by atoms with Crippen LogP contribution in [0.15, 0.2) is 24.3 Å². The summed E-state index contributed by atoms with van der Waals surface area (Å²) in [4.78, 5) is 2.41. The molecule has 1 aromatic rings. The van der Waals surface area contributed by atoms with Crippen LogP contribution in [0, 0.1) is 0 Å². The molecular formula is C11H15N. The number of benzene rings is 1. The van der Waals surface area contributed by atoms with Crippen molar-refractivity contribution in [2.45, 2.75) is 19.8 Å². The maximum Gasteiger partial charge on any atom is 0.0402 e. The number of hydrogen-bond acceptors (Lipinski definition) is 1. The van der Waals surface area contributed by atoms with Crippen molar-refractivity contribution in [1.82, 2.24) is 0 Å². The molecule has 0 saturated carbocycles. The van der Waals surface area contributed by atoms with Crippen molar-refractivity contribution in [2.75, 3.05) is 18.0 Å². The van der Waals surface area contributed by atoms with Gasteiger partial charge in [0.1, 0.15) is 0 Å². The lowest BCUT2D eigenvalue weighted by molar-refractivity contribution is 0.865. The molecule has 0 spiro atoms. The van der Waals surface area contributed by atoms with Crippen LogP contribution in [0.2, 0.25) is 0 Å². The Morgan fingerprint density at radius 3 is 2.42 bits per heavy atom. The molecule has 0 N–H and O–H groups in total. The van der Waals surface area contributed by atoms with Gasteiger partial charge in [-0.05, 0) is 17.5 Å². The summed E-state index contributed by atoms with van der Waals surface area (Å²) >= 11 is 0. The molecule has 0 bridgehead atoms. The molecule has 1 aliphatic heterocycles. The molecule has 12 heavy (non-hydrogen) atoms. The van der Waals surface area contributed by atoms with Gasteiger partial charge in [0.2, 0.25) is 0 Å². The number of hydrogen-bond donors (Lipinski definition) is 0. The third-order valence-corrected chi connectivity index (χ3v) is 2.35. The lowest BCUT2D eigenvalue weighted by Gasteiger charge is -2.12. The van der Waals surface area contributed by atoms with Crippen LogP contribution in [0.4, 0.5) is 5.69 Å². The lowest BCUT2D eigenvalue weighted by atomic mass is 10.0. The van der Waals surface area contributed by atoms with Crippen molar-refractivity contribution in [3.8, 4) is 0 Å². The summed E-state index contributed by atoms with van der Waals surface area (Å²) in [6, 6.07) is 8.71. The molecule has 0 atom stereocenters. The van der Waals surface area contributed by atoms with Gasteiger partial charge < -0.3 is 4.90 Å². The number of nitrogens with zero attached hydrogens (tertiary/aromatic N) is 1. The summed E-state index contributed by atoms with van der Waals surface area (Å²) in [6.07, 6.45) is 0. The van der Waals surface area contributed by atoms with Gasteiger partial charge in [0.05, 0.1) is 0 Å². The van der Waals surface area contributed by atoms with Gasteiger partial charge in [0.25, 0.3) is 0 Å². The van der Waals surface area contributed by atoms with E-state index in [1.807, 2.05) is 0 Å². The van der Waals surface area contributed by atoms with Gasteiger partial charge in [0, 0.05) is 18.8 Å². The summed E-state index contributed by atoms with van der Waals surface area (Å²) < 4.78 is 0. The van der Waals surface area contributed by atoms with E-state index in [0.29, 0.717) is 5.92 Å². The molecular weight excluding hydrogens is 146 g/mol. The van der Waals surface area contributed by atoms with E-state index in [2.05, 4.69) is 43.0 Å². The van der Waals surface area contributed by atoms with Crippen LogP contribution < -0.4 is 4.90 Å². The van der Waals surface area contributed by atoms with Crippen molar-refractivity contribution in [2.24, 2.45) is 0 Å². The second-order valence-corrected chi connectivity index (χ2v) is 3.70. The van der Waals surface area contributed by atoms with E-state index in [9.17, 15) is 0 Å². The fourth-order valence-corrected chi connectivity index (χ4v) is 1.55. The highest BCUT2D eigenvalue weighted by Crippen LogP contribution is 2.30. The van der Waals surface area contributed by atoms with Crippen molar-refractivity contribution in [3.63, 3.8) is 0 Å². The van der Waals surface area contributed by atoms with Crippen LogP contribution in [0.3, 0.4) is 0 Å². The minimum Gasteiger partial charge on any atom is -0.368 e. The molecule has 0 radical (unpaired) electrons. The largest absolute Gasteiger partial charge is 0.368 e. The molecule has 1 fully saturated rings. The molecule has 1 aliphatic rings. The highest BCUT2D eigenvalue weighted by molar-refractivity contribution is 5.58. The van der Waals surface area contributed by atoms with E-state index in [1.54, 1.807) is 0 Å². The zero-order chi connectivity index (χ0) is 8.55. The van der Waals surface area contributed by atoms with Crippen molar-refractivity contribution < 1.29 is 0 Å². The normalized spacial score (nSPS) is 15.4. The molecule has 0 aromatic heterocycles. The Bertz CT molecular complexity index is 253. The number of rotatable bonds is 2. The first-order chi connectivity index (χ1) is 5.79. The molecule has 1 heterocycles. The average Bonchev–Trinajstić information content (AvgIpc) is 2.87. The first kappa shape index (κ1) is 7.66. The van der Waals surface area contributed by atoms with Gasteiger partial charge in [0.15, 0.2) is 0 Å². The molecule has 1 nitrogen and oxygen atoms in total. The highest BCUT2D eigenvalue weighted by Gasteiger charge is 2.20. The van der Waals surface area contributed by atoms with Crippen LogP contribution in [-0.4, -0.2) is 13.1 Å². The fraction of sp³-hybridized carbons (Fsp3) is 0.455. The van der Waals surface area contributed by atoms with Gasteiger partial charge in [-0.25, -0.2) is 0 Å². The van der Waals surface area contributed by atoms with Gasteiger partial charge in [-0.2, -0.15) is 0 Å². The third kappa shape index (κ3) is 1.31. The smallest absolute Gasteiger partial charge is 0.0402 e. The average molecular weight is 161 g/mol. The monoisotopic (exact) mass is 161 g/mol. The third-order valence-electron chi connectivity index (χ3n) is 2.35. The van der Waals surface area contributed by atoms with Crippen molar-refractivity contribution in [3.05, 3.63) is 29.8 Å². The molecule has 0 amide bonds. The van der Waals surface area contributed by atoms with Crippen molar-refractivity contribution >= 4 is 5.69 Å². The minimum absolute atomic E-state index is 0.641. The van der Waals surface area contributed by atoms with Crippen LogP contribution in [0.1, 0.15) is 25.3 Å². The van der Waals surface area contributed by atoms with Crippen LogP contribution >= 0.6 is 0 Å². The summed E-state index contributed by atoms with van der Waals surface area (Å²) in [5.41, 5.74) is 2.92. The van der Waals surface area contributed by atoms with Gasteiger partial charge in [-0.15, -0.1) is 0 Å². The molecule has 0 unspecified atom stereocenters. The Morgan fingerprint density at radius 1 is 1.17 bits per heavy atom. The molecule has 0 aliphatic carbocycles. The predicted molar refractivity (Wildman–Crippen MR) is 52.7 cm³/mol.